The summed E-state index contributed by atoms with van der Waals surface area (Å²) >= 11 is 0. The van der Waals surface area contributed by atoms with Crippen molar-refractivity contribution in [2.24, 2.45) is 5.92 Å². The van der Waals surface area contributed by atoms with Gasteiger partial charge in [-0.2, -0.15) is 13.2 Å². The molecule has 3 aromatic rings. The molecule has 33 heavy (non-hydrogen) atoms. The molecule has 5 heteroatoms. The molecular weight excluding hydrogens is 431 g/mol. The van der Waals surface area contributed by atoms with Gasteiger partial charge in [-0.05, 0) is 71.7 Å². The smallest absolute Gasteiger partial charge is 0.206 e. The number of rotatable bonds is 6. The summed E-state index contributed by atoms with van der Waals surface area (Å²) in [6.45, 7) is 2.23. The standard InChI is InChI=1S/C28H29F5/c1-2-3-4-5-18-6-8-19(9-7-18)20-10-12-21(13-11-20)22-14-15-24-23(16-22)17-25(29)26(27(24)30)28(31,32)33/h10-19H,2-9H2,1H3. The minimum atomic E-state index is -5.08. The quantitative estimate of drug-likeness (QED) is 0.254. The Labute approximate surface area is 191 Å². The lowest BCUT2D eigenvalue weighted by atomic mass is 9.77. The topological polar surface area (TPSA) is 0 Å². The summed E-state index contributed by atoms with van der Waals surface area (Å²) in [6.07, 6.45) is 5.13. The predicted octanol–water partition coefficient (Wildman–Crippen LogP) is 9.66. The van der Waals surface area contributed by atoms with Crippen molar-refractivity contribution in [1.82, 2.24) is 0 Å². The summed E-state index contributed by atoms with van der Waals surface area (Å²) in [5.41, 5.74) is 1.05. The maximum Gasteiger partial charge on any atom is 0.422 e. The minimum absolute atomic E-state index is 0.112. The van der Waals surface area contributed by atoms with Crippen molar-refractivity contribution >= 4 is 10.8 Å². The van der Waals surface area contributed by atoms with E-state index in [0.29, 0.717) is 11.5 Å². The molecule has 0 saturated heterocycles. The normalized spacial score (nSPS) is 19.2. The summed E-state index contributed by atoms with van der Waals surface area (Å²) < 4.78 is 67.3. The van der Waals surface area contributed by atoms with E-state index in [-0.39, 0.29) is 10.8 Å². The molecule has 0 spiro atoms. The zero-order valence-electron chi connectivity index (χ0n) is 18.8. The van der Waals surface area contributed by atoms with E-state index >= 15 is 0 Å². The van der Waals surface area contributed by atoms with E-state index in [9.17, 15) is 22.0 Å². The van der Waals surface area contributed by atoms with E-state index in [2.05, 4.69) is 19.1 Å². The summed E-state index contributed by atoms with van der Waals surface area (Å²) in [7, 11) is 0. The summed E-state index contributed by atoms with van der Waals surface area (Å²) in [6, 6.07) is 13.4. The van der Waals surface area contributed by atoms with Crippen LogP contribution in [0.1, 0.15) is 75.3 Å². The van der Waals surface area contributed by atoms with E-state index in [0.717, 1.165) is 17.5 Å². The van der Waals surface area contributed by atoms with Gasteiger partial charge in [0.15, 0.2) is 0 Å². The first-order chi connectivity index (χ1) is 15.8. The van der Waals surface area contributed by atoms with Crippen LogP contribution in [0.2, 0.25) is 0 Å². The zero-order valence-corrected chi connectivity index (χ0v) is 18.8. The highest BCUT2D eigenvalue weighted by atomic mass is 19.4. The monoisotopic (exact) mass is 460 g/mol. The third-order valence-corrected chi connectivity index (χ3v) is 7.09. The minimum Gasteiger partial charge on any atom is -0.206 e. The molecular formula is C28H29F5. The van der Waals surface area contributed by atoms with Gasteiger partial charge in [-0.25, -0.2) is 8.78 Å². The number of halogens is 5. The van der Waals surface area contributed by atoms with Gasteiger partial charge in [0.05, 0.1) is 0 Å². The zero-order chi connectivity index (χ0) is 23.6. The average Bonchev–Trinajstić information content (AvgIpc) is 2.78. The van der Waals surface area contributed by atoms with Crippen LogP contribution in [0, 0.1) is 17.6 Å². The molecule has 1 saturated carbocycles. The highest BCUT2D eigenvalue weighted by molar-refractivity contribution is 5.88. The summed E-state index contributed by atoms with van der Waals surface area (Å²) in [5, 5.41) is -0.124. The first-order valence-corrected chi connectivity index (χ1v) is 11.9. The van der Waals surface area contributed by atoms with E-state index in [1.54, 1.807) is 6.07 Å². The van der Waals surface area contributed by atoms with Gasteiger partial charge in [0.1, 0.15) is 17.2 Å². The van der Waals surface area contributed by atoms with Crippen molar-refractivity contribution in [1.29, 1.82) is 0 Å². The number of fused-ring (bicyclic) bond motifs is 1. The molecule has 1 aliphatic carbocycles. The molecule has 176 valence electrons. The van der Waals surface area contributed by atoms with Gasteiger partial charge in [-0.1, -0.05) is 69.0 Å². The van der Waals surface area contributed by atoms with Gasteiger partial charge in [0.2, 0.25) is 0 Å². The van der Waals surface area contributed by atoms with Crippen molar-refractivity contribution in [3.8, 4) is 11.1 Å². The third kappa shape index (κ3) is 5.23. The fraction of sp³-hybridized carbons (Fsp3) is 0.429. The van der Waals surface area contributed by atoms with Crippen LogP contribution in [-0.4, -0.2) is 0 Å². The first-order valence-electron chi connectivity index (χ1n) is 11.9. The van der Waals surface area contributed by atoms with Crippen molar-refractivity contribution in [2.45, 2.75) is 70.4 Å². The lowest BCUT2D eigenvalue weighted by Crippen LogP contribution is -2.13. The highest BCUT2D eigenvalue weighted by Crippen LogP contribution is 2.40. The Morgan fingerprint density at radius 1 is 0.818 bits per heavy atom. The number of alkyl halides is 3. The van der Waals surface area contributed by atoms with Crippen LogP contribution in [0.4, 0.5) is 22.0 Å². The van der Waals surface area contributed by atoms with Crippen molar-refractivity contribution < 1.29 is 22.0 Å². The number of unbranched alkanes of at least 4 members (excludes halogenated alkanes) is 2. The maximum absolute atomic E-state index is 14.4. The summed E-state index contributed by atoms with van der Waals surface area (Å²) in [5.74, 6) is -1.75. The van der Waals surface area contributed by atoms with Gasteiger partial charge in [-0.15, -0.1) is 0 Å². The molecule has 0 atom stereocenters. The largest absolute Gasteiger partial charge is 0.422 e. The average molecular weight is 461 g/mol. The molecule has 0 aliphatic heterocycles. The molecule has 0 amide bonds. The molecule has 0 N–H and O–H groups in total. The SMILES string of the molecule is CCCCCC1CCC(c2ccc(-c3ccc4c(F)c(C(F)(F)F)c(F)cc4c3)cc2)CC1. The van der Waals surface area contributed by atoms with Crippen LogP contribution >= 0.6 is 0 Å². The molecule has 0 heterocycles. The molecule has 3 aromatic carbocycles. The van der Waals surface area contributed by atoms with E-state index < -0.39 is 23.4 Å². The lowest BCUT2D eigenvalue weighted by molar-refractivity contribution is -0.142. The molecule has 0 aromatic heterocycles. The van der Waals surface area contributed by atoms with Gasteiger partial charge < -0.3 is 0 Å². The molecule has 0 bridgehead atoms. The van der Waals surface area contributed by atoms with Gasteiger partial charge in [0.25, 0.3) is 0 Å². The second-order valence-corrected chi connectivity index (χ2v) is 9.32. The Bertz CT molecular complexity index is 1090. The van der Waals surface area contributed by atoms with Crippen LogP contribution in [0.5, 0.6) is 0 Å². The number of hydrogen-bond donors (Lipinski definition) is 0. The lowest BCUT2D eigenvalue weighted by Gasteiger charge is -2.29. The fourth-order valence-corrected chi connectivity index (χ4v) is 5.18. The molecule has 4 rings (SSSR count). The van der Waals surface area contributed by atoms with Crippen molar-refractivity contribution in [3.05, 3.63) is 71.3 Å². The van der Waals surface area contributed by atoms with E-state index in [1.807, 2.05) is 12.1 Å². The molecule has 0 radical (unpaired) electrons. The van der Waals surface area contributed by atoms with Crippen LogP contribution in [0.25, 0.3) is 21.9 Å². The number of hydrogen-bond acceptors (Lipinski definition) is 0. The molecule has 1 aliphatic rings. The predicted molar refractivity (Wildman–Crippen MR) is 123 cm³/mol. The Morgan fingerprint density at radius 2 is 1.48 bits per heavy atom. The van der Waals surface area contributed by atoms with Crippen LogP contribution < -0.4 is 0 Å². The Balaban J connectivity index is 1.49. The third-order valence-electron chi connectivity index (χ3n) is 7.09. The Kier molecular flexibility index (Phi) is 7.06. The van der Waals surface area contributed by atoms with Crippen molar-refractivity contribution in [2.75, 3.05) is 0 Å². The first kappa shape index (κ1) is 23.7. The van der Waals surface area contributed by atoms with Crippen LogP contribution in [0.3, 0.4) is 0 Å². The Morgan fingerprint density at radius 3 is 2.12 bits per heavy atom. The molecule has 0 nitrogen and oxygen atoms in total. The van der Waals surface area contributed by atoms with E-state index in [1.165, 1.54) is 69.1 Å². The molecule has 1 fully saturated rings. The maximum atomic E-state index is 14.4. The second-order valence-electron chi connectivity index (χ2n) is 9.32. The molecule has 0 unspecified atom stereocenters. The van der Waals surface area contributed by atoms with Gasteiger partial charge in [0, 0.05) is 5.39 Å². The summed E-state index contributed by atoms with van der Waals surface area (Å²) in [4.78, 5) is 0. The van der Waals surface area contributed by atoms with Gasteiger partial charge >= 0.3 is 6.18 Å². The second kappa shape index (κ2) is 9.82. The van der Waals surface area contributed by atoms with Gasteiger partial charge in [-0.3, -0.25) is 0 Å². The fourth-order valence-electron chi connectivity index (χ4n) is 5.18. The number of benzene rings is 3. The Hall–Kier alpha value is -2.43. The van der Waals surface area contributed by atoms with Crippen LogP contribution in [0.15, 0.2) is 48.5 Å². The van der Waals surface area contributed by atoms with Crippen LogP contribution in [-0.2, 0) is 6.18 Å². The van der Waals surface area contributed by atoms with E-state index in [4.69, 9.17) is 0 Å². The van der Waals surface area contributed by atoms with Crippen molar-refractivity contribution in [3.63, 3.8) is 0 Å². The highest BCUT2D eigenvalue weighted by Gasteiger charge is 2.38.